The van der Waals surface area contributed by atoms with Gasteiger partial charge in [0.15, 0.2) is 6.10 Å². The molecule has 1 aliphatic rings. The summed E-state index contributed by atoms with van der Waals surface area (Å²) in [7, 11) is 0. The maximum Gasteiger partial charge on any atom is 0.347 e. The predicted octanol–water partition coefficient (Wildman–Crippen LogP) is 3.02. The van der Waals surface area contributed by atoms with E-state index in [1.54, 1.807) is 19.1 Å². The summed E-state index contributed by atoms with van der Waals surface area (Å²) in [6.45, 7) is 4.63. The van der Waals surface area contributed by atoms with Crippen LogP contribution in [0.15, 0.2) is 27.4 Å². The van der Waals surface area contributed by atoms with Gasteiger partial charge in [0.1, 0.15) is 17.9 Å². The van der Waals surface area contributed by atoms with E-state index in [-0.39, 0.29) is 12.2 Å². The van der Waals surface area contributed by atoms with Crippen molar-refractivity contribution in [3.63, 3.8) is 0 Å². The summed E-state index contributed by atoms with van der Waals surface area (Å²) in [5, 5.41) is 0.943. The van der Waals surface area contributed by atoms with Crippen LogP contribution in [0.4, 0.5) is 0 Å². The van der Waals surface area contributed by atoms with Gasteiger partial charge in [0.05, 0.1) is 6.61 Å². The number of hydrogen-bond donors (Lipinski definition) is 0. The zero-order chi connectivity index (χ0) is 18.5. The third-order valence-electron chi connectivity index (χ3n) is 4.52. The second-order valence-electron chi connectivity index (χ2n) is 6.34. The van der Waals surface area contributed by atoms with E-state index in [0.717, 1.165) is 42.2 Å². The molecule has 1 aromatic carbocycles. The second-order valence-corrected chi connectivity index (χ2v) is 6.34. The summed E-state index contributed by atoms with van der Waals surface area (Å²) in [6, 6.07) is 5.35. The van der Waals surface area contributed by atoms with Crippen LogP contribution in [0.25, 0.3) is 11.0 Å². The first-order valence-corrected chi connectivity index (χ1v) is 9.09. The normalized spacial score (nSPS) is 14.7. The molecule has 6 heteroatoms. The van der Waals surface area contributed by atoms with Gasteiger partial charge in [-0.1, -0.05) is 0 Å². The molecule has 1 heterocycles. The van der Waals surface area contributed by atoms with Crippen molar-refractivity contribution >= 4 is 16.9 Å². The molecule has 26 heavy (non-hydrogen) atoms. The average Bonchev–Trinajstić information content (AvgIpc) is 2.65. The van der Waals surface area contributed by atoms with Gasteiger partial charge in [0, 0.05) is 23.6 Å². The fourth-order valence-corrected chi connectivity index (χ4v) is 3.21. The summed E-state index contributed by atoms with van der Waals surface area (Å²) in [6.07, 6.45) is 3.00. The molecule has 0 fully saturated rings. The SMILES string of the molecule is CCOCCOC(=O)[C@H](C)Oc1ccc2c3c(c(=O)oc2c1)CCCC3. The minimum Gasteiger partial charge on any atom is -0.479 e. The van der Waals surface area contributed by atoms with Crippen LogP contribution in [0.5, 0.6) is 5.75 Å². The summed E-state index contributed by atoms with van der Waals surface area (Å²) < 4.78 is 21.3. The van der Waals surface area contributed by atoms with Crippen molar-refractivity contribution in [3.05, 3.63) is 39.7 Å². The van der Waals surface area contributed by atoms with Gasteiger partial charge in [0.2, 0.25) is 0 Å². The third kappa shape index (κ3) is 4.07. The molecule has 1 aromatic heterocycles. The zero-order valence-electron chi connectivity index (χ0n) is 15.2. The largest absolute Gasteiger partial charge is 0.479 e. The topological polar surface area (TPSA) is 75.0 Å². The van der Waals surface area contributed by atoms with Gasteiger partial charge in [-0.3, -0.25) is 0 Å². The lowest BCUT2D eigenvalue weighted by Gasteiger charge is -2.17. The average molecular weight is 360 g/mol. The number of aryl methyl sites for hydroxylation is 1. The first-order chi connectivity index (χ1) is 12.6. The van der Waals surface area contributed by atoms with E-state index in [4.69, 9.17) is 18.6 Å². The summed E-state index contributed by atoms with van der Waals surface area (Å²) in [5.74, 6) is 0.00219. The molecule has 0 radical (unpaired) electrons. The van der Waals surface area contributed by atoms with Crippen molar-refractivity contribution in [1.82, 2.24) is 0 Å². The smallest absolute Gasteiger partial charge is 0.347 e. The molecule has 1 aliphatic carbocycles. The van der Waals surface area contributed by atoms with E-state index in [0.29, 0.717) is 24.5 Å². The Morgan fingerprint density at radius 2 is 1.96 bits per heavy atom. The Kier molecular flexibility index (Phi) is 5.93. The highest BCUT2D eigenvalue weighted by Crippen LogP contribution is 2.29. The van der Waals surface area contributed by atoms with Gasteiger partial charge < -0.3 is 18.6 Å². The molecule has 2 aromatic rings. The van der Waals surface area contributed by atoms with Gasteiger partial charge in [-0.15, -0.1) is 0 Å². The van der Waals surface area contributed by atoms with Crippen molar-refractivity contribution in [2.24, 2.45) is 0 Å². The maximum atomic E-state index is 12.2. The molecule has 1 atom stereocenters. The van der Waals surface area contributed by atoms with E-state index in [9.17, 15) is 9.59 Å². The number of carbonyl (C=O) groups is 1. The second kappa shape index (κ2) is 8.36. The third-order valence-corrected chi connectivity index (χ3v) is 4.52. The number of esters is 1. The lowest BCUT2D eigenvalue weighted by atomic mass is 9.91. The number of hydrogen-bond acceptors (Lipinski definition) is 6. The highest BCUT2D eigenvalue weighted by Gasteiger charge is 2.20. The number of fused-ring (bicyclic) bond motifs is 3. The van der Waals surface area contributed by atoms with Crippen LogP contribution in [-0.4, -0.2) is 31.9 Å². The van der Waals surface area contributed by atoms with Crippen LogP contribution < -0.4 is 10.4 Å². The Morgan fingerprint density at radius 3 is 2.73 bits per heavy atom. The van der Waals surface area contributed by atoms with Crippen LogP contribution in [0.3, 0.4) is 0 Å². The Balaban J connectivity index is 1.73. The highest BCUT2D eigenvalue weighted by molar-refractivity contribution is 5.83. The van der Waals surface area contributed by atoms with Crippen molar-refractivity contribution in [2.75, 3.05) is 19.8 Å². The van der Waals surface area contributed by atoms with Crippen molar-refractivity contribution in [3.8, 4) is 5.75 Å². The standard InChI is InChI=1S/C20H24O6/c1-3-23-10-11-24-19(21)13(2)25-14-8-9-16-15-6-4-5-7-17(15)20(22)26-18(16)12-14/h8-9,12-13H,3-7,10-11H2,1-2H3/t13-/m0/s1. The Labute approximate surface area is 152 Å². The fraction of sp³-hybridized carbons (Fsp3) is 0.500. The van der Waals surface area contributed by atoms with Gasteiger partial charge in [-0.2, -0.15) is 0 Å². The minimum absolute atomic E-state index is 0.194. The lowest BCUT2D eigenvalue weighted by Crippen LogP contribution is -2.27. The fourth-order valence-electron chi connectivity index (χ4n) is 3.21. The number of rotatable bonds is 7. The molecular formula is C20H24O6. The molecule has 0 amide bonds. The van der Waals surface area contributed by atoms with Crippen molar-refractivity contribution in [1.29, 1.82) is 0 Å². The van der Waals surface area contributed by atoms with E-state index in [1.165, 1.54) is 0 Å². The van der Waals surface area contributed by atoms with Crippen LogP contribution in [-0.2, 0) is 27.1 Å². The quantitative estimate of drug-likeness (QED) is 0.429. The van der Waals surface area contributed by atoms with Crippen LogP contribution in [0.2, 0.25) is 0 Å². The monoisotopic (exact) mass is 360 g/mol. The lowest BCUT2D eigenvalue weighted by molar-refractivity contribution is -0.152. The van der Waals surface area contributed by atoms with E-state index in [1.807, 2.05) is 13.0 Å². The number of carbonyl (C=O) groups excluding carboxylic acids is 1. The molecule has 0 saturated carbocycles. The number of ether oxygens (including phenoxy) is 3. The first-order valence-electron chi connectivity index (χ1n) is 9.09. The molecule has 0 unspecified atom stereocenters. The first kappa shape index (κ1) is 18.5. The van der Waals surface area contributed by atoms with Crippen molar-refractivity contribution in [2.45, 2.75) is 45.6 Å². The maximum absolute atomic E-state index is 12.2. The molecule has 0 spiro atoms. The molecular weight excluding hydrogens is 336 g/mol. The molecule has 6 nitrogen and oxygen atoms in total. The van der Waals surface area contributed by atoms with Gasteiger partial charge >= 0.3 is 11.6 Å². The van der Waals surface area contributed by atoms with E-state index < -0.39 is 12.1 Å². The molecule has 0 saturated heterocycles. The van der Waals surface area contributed by atoms with Gasteiger partial charge in [0.25, 0.3) is 0 Å². The van der Waals surface area contributed by atoms with Crippen LogP contribution in [0, 0.1) is 0 Å². The molecule has 0 aliphatic heterocycles. The summed E-state index contributed by atoms with van der Waals surface area (Å²) in [5.41, 5.74) is 2.10. The minimum atomic E-state index is -0.765. The van der Waals surface area contributed by atoms with Crippen molar-refractivity contribution < 1.29 is 23.4 Å². The van der Waals surface area contributed by atoms with Crippen LogP contribution in [0.1, 0.15) is 37.8 Å². The highest BCUT2D eigenvalue weighted by atomic mass is 16.6. The summed E-state index contributed by atoms with van der Waals surface area (Å²) >= 11 is 0. The molecule has 0 N–H and O–H groups in total. The van der Waals surface area contributed by atoms with Gasteiger partial charge in [-0.05, 0) is 57.2 Å². The van der Waals surface area contributed by atoms with E-state index in [2.05, 4.69) is 0 Å². The number of benzene rings is 1. The molecule has 0 bridgehead atoms. The predicted molar refractivity (Wildman–Crippen MR) is 96.7 cm³/mol. The molecule has 3 rings (SSSR count). The van der Waals surface area contributed by atoms with Gasteiger partial charge in [-0.25, -0.2) is 9.59 Å². The molecule has 140 valence electrons. The Bertz CT molecular complexity index is 838. The van der Waals surface area contributed by atoms with Crippen LogP contribution >= 0.6 is 0 Å². The van der Waals surface area contributed by atoms with E-state index >= 15 is 0 Å². The zero-order valence-corrected chi connectivity index (χ0v) is 15.2. The Morgan fingerprint density at radius 1 is 1.19 bits per heavy atom. The summed E-state index contributed by atoms with van der Waals surface area (Å²) in [4.78, 5) is 24.1. The Hall–Kier alpha value is -2.34.